The van der Waals surface area contributed by atoms with Crippen molar-refractivity contribution in [1.29, 1.82) is 0 Å². The monoisotopic (exact) mass is 353 g/mol. The molecule has 6 nitrogen and oxygen atoms in total. The summed E-state index contributed by atoms with van der Waals surface area (Å²) >= 11 is 6.13. The lowest BCUT2D eigenvalue weighted by molar-refractivity contribution is 0.0945. The molecule has 2 aromatic heterocycles. The summed E-state index contributed by atoms with van der Waals surface area (Å²) in [5, 5.41) is 6.63. The van der Waals surface area contributed by atoms with Crippen LogP contribution in [-0.2, 0) is 13.1 Å². The molecule has 0 atom stereocenters. The second-order valence-corrected chi connectivity index (χ2v) is 5.68. The van der Waals surface area contributed by atoms with Gasteiger partial charge in [-0.05, 0) is 23.3 Å². The highest BCUT2D eigenvalue weighted by Crippen LogP contribution is 2.16. The van der Waals surface area contributed by atoms with E-state index in [9.17, 15) is 4.79 Å². The number of nitrogens with one attached hydrogen (secondary N) is 2. The lowest BCUT2D eigenvalue weighted by Crippen LogP contribution is -2.24. The van der Waals surface area contributed by atoms with Gasteiger partial charge in [-0.25, -0.2) is 9.97 Å². The Hall–Kier alpha value is -2.99. The van der Waals surface area contributed by atoms with Gasteiger partial charge in [-0.1, -0.05) is 35.9 Å². The van der Waals surface area contributed by atoms with Crippen LogP contribution in [0.5, 0.6) is 0 Å². The van der Waals surface area contributed by atoms with Crippen molar-refractivity contribution in [3.05, 3.63) is 83.0 Å². The highest BCUT2D eigenvalue weighted by Gasteiger charge is 2.09. The van der Waals surface area contributed by atoms with Crippen LogP contribution in [0.25, 0.3) is 0 Å². The van der Waals surface area contributed by atoms with Gasteiger partial charge < -0.3 is 10.6 Å². The summed E-state index contributed by atoms with van der Waals surface area (Å²) in [7, 11) is 0. The van der Waals surface area contributed by atoms with Crippen LogP contribution < -0.4 is 10.6 Å². The zero-order valence-corrected chi connectivity index (χ0v) is 14.1. The van der Waals surface area contributed by atoms with E-state index in [4.69, 9.17) is 11.6 Å². The molecule has 7 heteroatoms. The smallest absolute Gasteiger partial charge is 0.270 e. The lowest BCUT2D eigenvalue weighted by atomic mass is 10.2. The maximum absolute atomic E-state index is 12.2. The van der Waals surface area contributed by atoms with Gasteiger partial charge in [0.2, 0.25) is 0 Å². The van der Waals surface area contributed by atoms with Gasteiger partial charge in [-0.2, -0.15) is 0 Å². The first-order chi connectivity index (χ1) is 12.2. The molecule has 2 heterocycles. The molecule has 126 valence electrons. The number of benzene rings is 1. The molecule has 0 spiro atoms. The molecule has 3 rings (SSSR count). The fourth-order valence-corrected chi connectivity index (χ4v) is 2.38. The summed E-state index contributed by atoms with van der Waals surface area (Å²) in [5.74, 6) is 0.286. The van der Waals surface area contributed by atoms with Gasteiger partial charge in [0, 0.05) is 36.6 Å². The number of anilines is 1. The van der Waals surface area contributed by atoms with Crippen LogP contribution in [0.15, 0.2) is 61.2 Å². The molecule has 3 aromatic rings. The SMILES string of the molecule is O=C(NCc1cccnc1)c1cc(NCc2ccccc2Cl)ncn1. The molecule has 25 heavy (non-hydrogen) atoms. The van der Waals surface area contributed by atoms with E-state index in [1.165, 1.54) is 6.33 Å². The maximum Gasteiger partial charge on any atom is 0.270 e. The molecular weight excluding hydrogens is 338 g/mol. The summed E-state index contributed by atoms with van der Waals surface area (Å²) in [4.78, 5) is 24.4. The Kier molecular flexibility index (Phi) is 5.53. The van der Waals surface area contributed by atoms with Crippen molar-refractivity contribution >= 4 is 23.3 Å². The van der Waals surface area contributed by atoms with E-state index in [0.717, 1.165) is 11.1 Å². The number of hydrogen-bond acceptors (Lipinski definition) is 5. The molecule has 0 fully saturated rings. The second kappa shape index (κ2) is 8.21. The number of rotatable bonds is 6. The van der Waals surface area contributed by atoms with E-state index < -0.39 is 0 Å². The first kappa shape index (κ1) is 16.9. The fourth-order valence-electron chi connectivity index (χ4n) is 2.18. The van der Waals surface area contributed by atoms with E-state index in [2.05, 4.69) is 25.6 Å². The Morgan fingerprint density at radius 3 is 2.76 bits per heavy atom. The minimum Gasteiger partial charge on any atom is -0.366 e. The Morgan fingerprint density at radius 2 is 1.96 bits per heavy atom. The topological polar surface area (TPSA) is 79.8 Å². The van der Waals surface area contributed by atoms with Crippen LogP contribution in [0.3, 0.4) is 0 Å². The van der Waals surface area contributed by atoms with E-state index in [1.54, 1.807) is 18.5 Å². The largest absolute Gasteiger partial charge is 0.366 e. The number of pyridine rings is 1. The zero-order chi connectivity index (χ0) is 17.5. The number of halogens is 1. The molecule has 0 aliphatic heterocycles. The van der Waals surface area contributed by atoms with Crippen LogP contribution in [0.2, 0.25) is 5.02 Å². The summed E-state index contributed by atoms with van der Waals surface area (Å²) in [5.41, 5.74) is 2.16. The van der Waals surface area contributed by atoms with Gasteiger partial charge in [0.1, 0.15) is 17.8 Å². The minimum atomic E-state index is -0.271. The second-order valence-electron chi connectivity index (χ2n) is 5.28. The third kappa shape index (κ3) is 4.74. The van der Waals surface area contributed by atoms with Crippen LogP contribution in [0, 0.1) is 0 Å². The van der Waals surface area contributed by atoms with Crippen molar-refractivity contribution < 1.29 is 4.79 Å². The molecule has 0 saturated carbocycles. The van der Waals surface area contributed by atoms with Crippen molar-refractivity contribution in [2.75, 3.05) is 5.32 Å². The number of carbonyl (C=O) groups is 1. The summed E-state index contributed by atoms with van der Waals surface area (Å²) in [6.07, 6.45) is 4.75. The molecule has 1 aromatic carbocycles. The van der Waals surface area contributed by atoms with Gasteiger partial charge >= 0.3 is 0 Å². The third-order valence-electron chi connectivity index (χ3n) is 3.49. The van der Waals surface area contributed by atoms with Crippen LogP contribution >= 0.6 is 11.6 Å². The van der Waals surface area contributed by atoms with Crippen LogP contribution in [-0.4, -0.2) is 20.9 Å². The Balaban J connectivity index is 1.61. The molecule has 1 amide bonds. The first-order valence-corrected chi connectivity index (χ1v) is 8.06. The maximum atomic E-state index is 12.2. The predicted octanol–water partition coefficient (Wildman–Crippen LogP) is 3.07. The summed E-state index contributed by atoms with van der Waals surface area (Å²) in [6.45, 7) is 0.895. The molecule has 0 radical (unpaired) electrons. The van der Waals surface area contributed by atoms with Crippen molar-refractivity contribution in [1.82, 2.24) is 20.3 Å². The van der Waals surface area contributed by atoms with Crippen LogP contribution in [0.4, 0.5) is 5.82 Å². The van der Waals surface area contributed by atoms with E-state index in [1.807, 2.05) is 36.4 Å². The van der Waals surface area contributed by atoms with Gasteiger partial charge in [0.15, 0.2) is 0 Å². The van der Waals surface area contributed by atoms with Gasteiger partial charge in [-0.15, -0.1) is 0 Å². The van der Waals surface area contributed by atoms with E-state index >= 15 is 0 Å². The van der Waals surface area contributed by atoms with E-state index in [-0.39, 0.29) is 5.91 Å². The fraction of sp³-hybridized carbons (Fsp3) is 0.111. The average Bonchev–Trinajstić information content (AvgIpc) is 2.66. The van der Waals surface area contributed by atoms with Crippen LogP contribution in [0.1, 0.15) is 21.6 Å². The molecule has 0 bridgehead atoms. The molecule has 0 aliphatic rings. The Bertz CT molecular complexity index is 857. The zero-order valence-electron chi connectivity index (χ0n) is 13.3. The molecule has 0 aliphatic carbocycles. The lowest BCUT2D eigenvalue weighted by Gasteiger charge is -2.08. The quantitative estimate of drug-likeness (QED) is 0.712. The number of aromatic nitrogens is 3. The van der Waals surface area contributed by atoms with E-state index in [0.29, 0.717) is 29.6 Å². The van der Waals surface area contributed by atoms with Crippen molar-refractivity contribution in [2.45, 2.75) is 13.1 Å². The van der Waals surface area contributed by atoms with Gasteiger partial charge in [-0.3, -0.25) is 9.78 Å². The molecule has 0 saturated heterocycles. The Morgan fingerprint density at radius 1 is 1.08 bits per heavy atom. The number of hydrogen-bond donors (Lipinski definition) is 2. The van der Waals surface area contributed by atoms with Gasteiger partial charge in [0.05, 0.1) is 0 Å². The third-order valence-corrected chi connectivity index (χ3v) is 3.86. The first-order valence-electron chi connectivity index (χ1n) is 7.69. The Labute approximate surface area is 150 Å². The minimum absolute atomic E-state index is 0.271. The van der Waals surface area contributed by atoms with Crippen molar-refractivity contribution in [2.24, 2.45) is 0 Å². The average molecular weight is 354 g/mol. The highest BCUT2D eigenvalue weighted by molar-refractivity contribution is 6.31. The number of nitrogens with zero attached hydrogens (tertiary/aromatic N) is 3. The van der Waals surface area contributed by atoms with Crippen molar-refractivity contribution in [3.8, 4) is 0 Å². The standard InChI is InChI=1S/C18H16ClN5O/c19-15-6-2-1-5-14(15)11-21-17-8-16(23-12-24-17)18(25)22-10-13-4-3-7-20-9-13/h1-9,12H,10-11H2,(H,22,25)(H,21,23,24). The number of amides is 1. The number of carbonyl (C=O) groups excluding carboxylic acids is 1. The highest BCUT2D eigenvalue weighted by atomic mass is 35.5. The summed E-state index contributed by atoms with van der Waals surface area (Å²) < 4.78 is 0. The normalized spacial score (nSPS) is 10.3. The molecular formula is C18H16ClN5O. The van der Waals surface area contributed by atoms with Gasteiger partial charge in [0.25, 0.3) is 5.91 Å². The predicted molar refractivity (Wildman–Crippen MR) is 96.2 cm³/mol. The summed E-state index contributed by atoms with van der Waals surface area (Å²) in [6, 6.07) is 12.9. The molecule has 0 unspecified atom stereocenters. The van der Waals surface area contributed by atoms with Crippen molar-refractivity contribution in [3.63, 3.8) is 0 Å². The molecule has 2 N–H and O–H groups in total.